The first-order valence-electron chi connectivity index (χ1n) is 8.22. The van der Waals surface area contributed by atoms with E-state index >= 15 is 0 Å². The summed E-state index contributed by atoms with van der Waals surface area (Å²) in [6.45, 7) is 9.86. The molecular weight excluding hydrogens is 322 g/mol. The average Bonchev–Trinajstić information content (AvgIpc) is 2.53. The third-order valence-corrected chi connectivity index (χ3v) is 3.93. The Morgan fingerprint density at radius 1 is 1.32 bits per heavy atom. The first-order chi connectivity index (χ1) is 11.7. The molecule has 2 rings (SSSR count). The largest absolute Gasteiger partial charge is 0.481 e. The summed E-state index contributed by atoms with van der Waals surface area (Å²) < 4.78 is 5.82. The molecule has 0 spiro atoms. The van der Waals surface area contributed by atoms with Gasteiger partial charge in [-0.05, 0) is 31.0 Å². The smallest absolute Gasteiger partial charge is 0.303 e. The minimum Gasteiger partial charge on any atom is -0.481 e. The van der Waals surface area contributed by atoms with Gasteiger partial charge in [0.25, 0.3) is 5.91 Å². The van der Waals surface area contributed by atoms with Crippen LogP contribution in [0.5, 0.6) is 5.75 Å². The molecule has 0 aliphatic carbocycles. The molecule has 0 radical (unpaired) electrons. The second-order valence-corrected chi connectivity index (χ2v) is 6.66. The van der Waals surface area contributed by atoms with E-state index in [-0.39, 0.29) is 30.4 Å². The molecule has 6 heteroatoms. The Hall–Kier alpha value is -2.63. The standard InChI is InChI=1S/C19H23NO5/c1-11(2)10-20-14-9-13(15(21)6-8-17(22)23)5-7-16(14)25-18(12(3)4)19(20)24/h5,7,9,12,18H,1,6,8,10H2,2-4H3,(H,22,23). The number of benzene rings is 1. The monoisotopic (exact) mass is 345 g/mol. The van der Waals surface area contributed by atoms with E-state index in [2.05, 4.69) is 6.58 Å². The third-order valence-electron chi connectivity index (χ3n) is 3.93. The van der Waals surface area contributed by atoms with Crippen molar-refractivity contribution >= 4 is 23.3 Å². The molecule has 1 aromatic rings. The topological polar surface area (TPSA) is 83.9 Å². The average molecular weight is 345 g/mol. The molecule has 1 heterocycles. The maximum atomic E-state index is 12.8. The highest BCUT2D eigenvalue weighted by Gasteiger charge is 2.36. The summed E-state index contributed by atoms with van der Waals surface area (Å²) in [6, 6.07) is 4.86. The van der Waals surface area contributed by atoms with Crippen molar-refractivity contribution in [3.63, 3.8) is 0 Å². The Balaban J connectivity index is 2.38. The van der Waals surface area contributed by atoms with Gasteiger partial charge in [0.05, 0.1) is 12.1 Å². The zero-order chi connectivity index (χ0) is 18.7. The fraction of sp³-hybridized carbons (Fsp3) is 0.421. The number of aliphatic carboxylic acids is 1. The highest BCUT2D eigenvalue weighted by molar-refractivity contribution is 6.03. The number of ketones is 1. The molecule has 0 aromatic heterocycles. The van der Waals surface area contributed by atoms with Gasteiger partial charge in [-0.25, -0.2) is 0 Å². The van der Waals surface area contributed by atoms with Crippen molar-refractivity contribution < 1.29 is 24.2 Å². The van der Waals surface area contributed by atoms with Crippen molar-refractivity contribution in [3.8, 4) is 5.75 Å². The molecule has 134 valence electrons. The van der Waals surface area contributed by atoms with Crippen LogP contribution < -0.4 is 9.64 Å². The van der Waals surface area contributed by atoms with Gasteiger partial charge in [-0.15, -0.1) is 0 Å². The molecule has 0 fully saturated rings. The molecule has 1 N–H and O–H groups in total. The molecule has 1 amide bonds. The first-order valence-corrected chi connectivity index (χ1v) is 8.22. The Morgan fingerprint density at radius 3 is 2.56 bits per heavy atom. The molecule has 1 aliphatic heterocycles. The molecule has 25 heavy (non-hydrogen) atoms. The number of carboxylic acid groups (broad SMARTS) is 1. The van der Waals surface area contributed by atoms with E-state index in [1.807, 2.05) is 20.8 Å². The number of carbonyl (C=O) groups is 3. The number of hydrogen-bond acceptors (Lipinski definition) is 4. The van der Waals surface area contributed by atoms with E-state index in [0.29, 0.717) is 23.5 Å². The highest BCUT2D eigenvalue weighted by atomic mass is 16.5. The number of Topliss-reactive ketones (excluding diaryl/α,β-unsaturated/α-hetero) is 1. The summed E-state index contributed by atoms with van der Waals surface area (Å²) in [7, 11) is 0. The highest BCUT2D eigenvalue weighted by Crippen LogP contribution is 2.37. The number of fused-ring (bicyclic) bond motifs is 1. The summed E-state index contributed by atoms with van der Waals surface area (Å²) >= 11 is 0. The van der Waals surface area contributed by atoms with Gasteiger partial charge in [0, 0.05) is 18.5 Å². The predicted octanol–water partition coefficient (Wildman–Crippen LogP) is 3.06. The van der Waals surface area contributed by atoms with E-state index in [1.165, 1.54) is 0 Å². The first kappa shape index (κ1) is 18.7. The van der Waals surface area contributed by atoms with Crippen molar-refractivity contribution in [2.24, 2.45) is 5.92 Å². The van der Waals surface area contributed by atoms with E-state index in [9.17, 15) is 14.4 Å². The molecular formula is C19H23NO5. The van der Waals surface area contributed by atoms with E-state index < -0.39 is 12.1 Å². The van der Waals surface area contributed by atoms with Crippen LogP contribution in [0.1, 0.15) is 44.0 Å². The lowest BCUT2D eigenvalue weighted by Crippen LogP contribution is -2.48. The summed E-state index contributed by atoms with van der Waals surface area (Å²) in [5, 5.41) is 8.72. The van der Waals surface area contributed by atoms with Crippen LogP contribution >= 0.6 is 0 Å². The predicted molar refractivity (Wildman–Crippen MR) is 94.1 cm³/mol. The van der Waals surface area contributed by atoms with Crippen LogP contribution in [0.3, 0.4) is 0 Å². The van der Waals surface area contributed by atoms with Crippen LogP contribution in [0.25, 0.3) is 0 Å². The van der Waals surface area contributed by atoms with Gasteiger partial charge < -0.3 is 14.7 Å². The van der Waals surface area contributed by atoms with Crippen LogP contribution in [0, 0.1) is 5.92 Å². The van der Waals surface area contributed by atoms with Gasteiger partial charge in [0.2, 0.25) is 0 Å². The second kappa shape index (κ2) is 7.51. The molecule has 1 unspecified atom stereocenters. The Labute approximate surface area is 147 Å². The van der Waals surface area contributed by atoms with E-state index in [1.54, 1.807) is 23.1 Å². The van der Waals surface area contributed by atoms with Gasteiger partial charge in [0.15, 0.2) is 11.9 Å². The number of hydrogen-bond donors (Lipinski definition) is 1. The zero-order valence-electron chi connectivity index (χ0n) is 14.7. The number of anilines is 1. The van der Waals surface area contributed by atoms with Crippen LogP contribution in [-0.4, -0.2) is 35.4 Å². The maximum absolute atomic E-state index is 12.8. The molecule has 1 atom stereocenters. The quantitative estimate of drug-likeness (QED) is 0.606. The van der Waals surface area contributed by atoms with Crippen LogP contribution in [0.15, 0.2) is 30.4 Å². The van der Waals surface area contributed by atoms with Crippen LogP contribution in [-0.2, 0) is 9.59 Å². The van der Waals surface area contributed by atoms with Gasteiger partial charge in [-0.2, -0.15) is 0 Å². The number of ether oxygens (including phenoxy) is 1. The normalized spacial score (nSPS) is 16.4. The fourth-order valence-corrected chi connectivity index (χ4v) is 2.68. The van der Waals surface area contributed by atoms with Crippen LogP contribution in [0.4, 0.5) is 5.69 Å². The molecule has 0 saturated carbocycles. The van der Waals surface area contributed by atoms with Gasteiger partial charge in [-0.3, -0.25) is 14.4 Å². The van der Waals surface area contributed by atoms with Crippen molar-refractivity contribution in [2.75, 3.05) is 11.4 Å². The van der Waals surface area contributed by atoms with Crippen LogP contribution in [0.2, 0.25) is 0 Å². The van der Waals surface area contributed by atoms with Gasteiger partial charge >= 0.3 is 5.97 Å². The van der Waals surface area contributed by atoms with Crippen molar-refractivity contribution in [2.45, 2.75) is 39.7 Å². The number of carboxylic acids is 1. The number of amides is 1. The fourth-order valence-electron chi connectivity index (χ4n) is 2.68. The molecule has 1 aliphatic rings. The summed E-state index contributed by atoms with van der Waals surface area (Å²) in [5.41, 5.74) is 1.70. The summed E-state index contributed by atoms with van der Waals surface area (Å²) in [6.07, 6.45) is -0.894. The number of nitrogens with zero attached hydrogens (tertiary/aromatic N) is 1. The SMILES string of the molecule is C=C(C)CN1C(=O)C(C(C)C)Oc2ccc(C(=O)CCC(=O)O)cc21. The van der Waals surface area contributed by atoms with Crippen molar-refractivity contribution in [3.05, 3.63) is 35.9 Å². The lowest BCUT2D eigenvalue weighted by Gasteiger charge is -2.36. The Bertz CT molecular complexity index is 723. The van der Waals surface area contributed by atoms with Crippen molar-refractivity contribution in [1.82, 2.24) is 0 Å². The molecule has 0 bridgehead atoms. The molecule has 1 aromatic carbocycles. The third kappa shape index (κ3) is 4.26. The molecule has 6 nitrogen and oxygen atoms in total. The van der Waals surface area contributed by atoms with E-state index in [0.717, 1.165) is 5.57 Å². The Kier molecular flexibility index (Phi) is 5.62. The lowest BCUT2D eigenvalue weighted by atomic mass is 10.00. The summed E-state index contributed by atoms with van der Waals surface area (Å²) in [5.74, 6) is -0.924. The lowest BCUT2D eigenvalue weighted by molar-refractivity contribution is -0.137. The van der Waals surface area contributed by atoms with Gasteiger partial charge in [0.1, 0.15) is 5.75 Å². The summed E-state index contributed by atoms with van der Waals surface area (Å²) in [4.78, 5) is 37.2. The van der Waals surface area contributed by atoms with E-state index in [4.69, 9.17) is 9.84 Å². The number of carbonyl (C=O) groups excluding carboxylic acids is 2. The van der Waals surface area contributed by atoms with Crippen molar-refractivity contribution in [1.29, 1.82) is 0 Å². The minimum atomic E-state index is -1.02. The zero-order valence-corrected chi connectivity index (χ0v) is 14.7. The Morgan fingerprint density at radius 2 is 2.00 bits per heavy atom. The van der Waals surface area contributed by atoms with Gasteiger partial charge in [-0.1, -0.05) is 26.0 Å². The maximum Gasteiger partial charge on any atom is 0.303 e. The molecule has 0 saturated heterocycles. The minimum absolute atomic E-state index is 0.00477. The second-order valence-electron chi connectivity index (χ2n) is 6.66. The number of rotatable bonds is 7.